The molecule has 3 aromatic heterocycles. The molecule has 5 aromatic rings. The number of hydrogen-bond acceptors (Lipinski definition) is 6. The van der Waals surface area contributed by atoms with E-state index in [1.54, 1.807) is 30.5 Å². The molecule has 3 heterocycles. The second-order valence-electron chi connectivity index (χ2n) is 7.26. The highest BCUT2D eigenvalue weighted by atomic mass is 19.1. The Balaban J connectivity index is 1.58. The van der Waals surface area contributed by atoms with Crippen molar-refractivity contribution < 1.29 is 9.18 Å². The molecule has 0 aliphatic rings. The van der Waals surface area contributed by atoms with Crippen molar-refractivity contribution in [2.24, 2.45) is 5.10 Å². The fourth-order valence-corrected chi connectivity index (χ4v) is 3.43. The molecule has 1 amide bonds. The largest absolute Gasteiger partial charge is 0.383 e. The average Bonchev–Trinajstić information content (AvgIpc) is 3.11. The van der Waals surface area contributed by atoms with Crippen molar-refractivity contribution in [3.05, 3.63) is 95.6 Å². The van der Waals surface area contributed by atoms with Gasteiger partial charge in [-0.3, -0.25) is 9.78 Å². The van der Waals surface area contributed by atoms with Gasteiger partial charge >= 0.3 is 0 Å². The maximum Gasteiger partial charge on any atom is 0.257 e. The smallest absolute Gasteiger partial charge is 0.257 e. The SMILES string of the molecule is Nc1c(C(=O)NCc2ccc(F)cc2)c2nc3ccccc3nc2n1N=Cc1ccccn1. The second-order valence-corrected chi connectivity index (χ2v) is 7.26. The quantitative estimate of drug-likeness (QED) is 0.407. The molecule has 0 saturated heterocycles. The third kappa shape index (κ3) is 3.99. The van der Waals surface area contributed by atoms with Gasteiger partial charge in [0.1, 0.15) is 22.7 Å². The number of amides is 1. The molecule has 0 spiro atoms. The van der Waals surface area contributed by atoms with Gasteiger partial charge in [0.25, 0.3) is 5.91 Å². The molecule has 162 valence electrons. The molecule has 0 radical (unpaired) electrons. The van der Waals surface area contributed by atoms with Gasteiger partial charge in [0.05, 0.1) is 22.9 Å². The van der Waals surface area contributed by atoms with Crippen LogP contribution in [0.1, 0.15) is 21.6 Å². The molecule has 0 bridgehead atoms. The summed E-state index contributed by atoms with van der Waals surface area (Å²) in [4.78, 5) is 26.6. The van der Waals surface area contributed by atoms with Crippen molar-refractivity contribution >= 4 is 40.1 Å². The zero-order chi connectivity index (χ0) is 22.8. The Kier molecular flexibility index (Phi) is 5.19. The van der Waals surface area contributed by atoms with Crippen LogP contribution in [0.15, 0.2) is 78.0 Å². The number of carbonyl (C=O) groups is 1. The Labute approximate surface area is 187 Å². The van der Waals surface area contributed by atoms with E-state index in [0.717, 1.165) is 5.56 Å². The van der Waals surface area contributed by atoms with E-state index in [1.807, 2.05) is 30.3 Å². The van der Waals surface area contributed by atoms with Gasteiger partial charge in [0.15, 0.2) is 5.65 Å². The third-order valence-electron chi connectivity index (χ3n) is 5.06. The molecule has 3 N–H and O–H groups in total. The molecule has 2 aromatic carbocycles. The first-order valence-electron chi connectivity index (χ1n) is 10.1. The number of pyridine rings is 1. The number of nitrogens with zero attached hydrogens (tertiary/aromatic N) is 5. The summed E-state index contributed by atoms with van der Waals surface area (Å²) in [6.07, 6.45) is 3.19. The van der Waals surface area contributed by atoms with Crippen molar-refractivity contribution in [2.45, 2.75) is 6.54 Å². The van der Waals surface area contributed by atoms with Crippen molar-refractivity contribution in [3.8, 4) is 0 Å². The number of nitrogens with one attached hydrogen (secondary N) is 1. The van der Waals surface area contributed by atoms with Crippen molar-refractivity contribution in [1.82, 2.24) is 24.9 Å². The number of hydrogen-bond donors (Lipinski definition) is 2. The fraction of sp³-hybridized carbons (Fsp3) is 0.0417. The van der Waals surface area contributed by atoms with Gasteiger partial charge in [-0.1, -0.05) is 30.3 Å². The maximum atomic E-state index is 13.2. The van der Waals surface area contributed by atoms with E-state index in [4.69, 9.17) is 5.73 Å². The predicted molar refractivity (Wildman–Crippen MR) is 124 cm³/mol. The fourth-order valence-electron chi connectivity index (χ4n) is 3.43. The summed E-state index contributed by atoms with van der Waals surface area (Å²) in [5.41, 5.74) is 9.87. The first kappa shape index (κ1) is 20.3. The van der Waals surface area contributed by atoms with Crippen LogP contribution >= 0.6 is 0 Å². The van der Waals surface area contributed by atoms with Crippen LogP contribution < -0.4 is 11.1 Å². The highest BCUT2D eigenvalue weighted by Gasteiger charge is 2.24. The number of para-hydroxylation sites is 2. The minimum Gasteiger partial charge on any atom is -0.383 e. The van der Waals surface area contributed by atoms with Gasteiger partial charge in [-0.2, -0.15) is 9.78 Å². The van der Waals surface area contributed by atoms with Crippen LogP contribution in [0.2, 0.25) is 0 Å². The molecule has 0 saturated carbocycles. The average molecular weight is 439 g/mol. The Morgan fingerprint density at radius 3 is 2.48 bits per heavy atom. The number of halogens is 1. The lowest BCUT2D eigenvalue weighted by molar-refractivity contribution is 0.0953. The van der Waals surface area contributed by atoms with E-state index in [0.29, 0.717) is 27.9 Å². The van der Waals surface area contributed by atoms with Gasteiger partial charge in [0.2, 0.25) is 0 Å². The maximum absolute atomic E-state index is 13.2. The van der Waals surface area contributed by atoms with Gasteiger partial charge in [0, 0.05) is 12.7 Å². The highest BCUT2D eigenvalue weighted by molar-refractivity contribution is 6.10. The minimum atomic E-state index is -0.432. The summed E-state index contributed by atoms with van der Waals surface area (Å²) in [5.74, 6) is -0.674. The molecule has 0 unspecified atom stereocenters. The standard InChI is InChI=1S/C24H18FN7O/c25-16-10-8-15(9-11-16)13-28-24(33)20-21-23(31-19-7-2-1-6-18(19)30-21)32(22(20)26)29-14-17-5-3-4-12-27-17/h1-12,14H,13,26H2,(H,28,33). The summed E-state index contributed by atoms with van der Waals surface area (Å²) in [6, 6.07) is 18.7. The normalized spacial score (nSPS) is 11.4. The van der Waals surface area contributed by atoms with Crippen molar-refractivity contribution in [2.75, 3.05) is 5.73 Å². The number of anilines is 1. The Bertz CT molecular complexity index is 1490. The predicted octanol–water partition coefficient (Wildman–Crippen LogP) is 3.51. The van der Waals surface area contributed by atoms with E-state index in [9.17, 15) is 9.18 Å². The Morgan fingerprint density at radius 1 is 1.03 bits per heavy atom. The highest BCUT2D eigenvalue weighted by Crippen LogP contribution is 2.27. The summed E-state index contributed by atoms with van der Waals surface area (Å²) < 4.78 is 14.5. The summed E-state index contributed by atoms with van der Waals surface area (Å²) in [5, 5.41) is 7.24. The zero-order valence-electron chi connectivity index (χ0n) is 17.3. The first-order valence-corrected chi connectivity index (χ1v) is 10.1. The summed E-state index contributed by atoms with van der Waals surface area (Å²) in [6.45, 7) is 0.198. The molecule has 33 heavy (non-hydrogen) atoms. The van der Waals surface area contributed by atoms with Crippen LogP contribution in [0.25, 0.3) is 22.2 Å². The van der Waals surface area contributed by atoms with Crippen LogP contribution in [-0.2, 0) is 6.54 Å². The van der Waals surface area contributed by atoms with E-state index in [1.165, 1.54) is 23.0 Å². The van der Waals surface area contributed by atoms with Gasteiger partial charge < -0.3 is 11.1 Å². The zero-order valence-corrected chi connectivity index (χ0v) is 17.3. The molecule has 8 nitrogen and oxygen atoms in total. The minimum absolute atomic E-state index is 0.101. The monoisotopic (exact) mass is 439 g/mol. The molecule has 9 heteroatoms. The molecular formula is C24H18FN7O. The van der Waals surface area contributed by atoms with Crippen LogP contribution in [0, 0.1) is 5.82 Å². The van der Waals surface area contributed by atoms with Gasteiger partial charge in [-0.15, -0.1) is 0 Å². The molecule has 0 fully saturated rings. The first-order chi connectivity index (χ1) is 16.1. The van der Waals surface area contributed by atoms with Crippen molar-refractivity contribution in [3.63, 3.8) is 0 Å². The van der Waals surface area contributed by atoms with Gasteiger partial charge in [-0.05, 0) is 42.0 Å². The molecular weight excluding hydrogens is 421 g/mol. The third-order valence-corrected chi connectivity index (χ3v) is 5.06. The van der Waals surface area contributed by atoms with Crippen LogP contribution in [0.4, 0.5) is 10.2 Å². The van der Waals surface area contributed by atoms with Crippen molar-refractivity contribution in [1.29, 1.82) is 0 Å². The van der Waals surface area contributed by atoms with Crippen LogP contribution in [-0.4, -0.2) is 31.7 Å². The molecule has 5 rings (SSSR count). The second kappa shape index (κ2) is 8.46. The van der Waals surface area contributed by atoms with Crippen LogP contribution in [0.5, 0.6) is 0 Å². The molecule has 0 aliphatic carbocycles. The lowest BCUT2D eigenvalue weighted by Crippen LogP contribution is -2.23. The molecule has 0 atom stereocenters. The van der Waals surface area contributed by atoms with E-state index < -0.39 is 5.91 Å². The lowest BCUT2D eigenvalue weighted by Gasteiger charge is -2.06. The summed E-state index contributed by atoms with van der Waals surface area (Å²) in [7, 11) is 0. The topological polar surface area (TPSA) is 111 Å². The van der Waals surface area contributed by atoms with Crippen LogP contribution in [0.3, 0.4) is 0 Å². The number of carbonyl (C=O) groups excluding carboxylic acids is 1. The number of nitrogens with two attached hydrogens (primary N) is 1. The lowest BCUT2D eigenvalue weighted by atomic mass is 10.2. The number of nitrogen functional groups attached to an aromatic ring is 1. The molecule has 0 aliphatic heterocycles. The number of benzene rings is 2. The van der Waals surface area contributed by atoms with E-state index in [-0.39, 0.29) is 23.7 Å². The number of rotatable bonds is 5. The van der Waals surface area contributed by atoms with Gasteiger partial charge in [-0.25, -0.2) is 14.4 Å². The Morgan fingerprint density at radius 2 is 1.76 bits per heavy atom. The van der Waals surface area contributed by atoms with E-state index in [2.05, 4.69) is 25.4 Å². The summed E-state index contributed by atoms with van der Waals surface area (Å²) >= 11 is 0. The number of aromatic nitrogens is 4. The number of fused-ring (bicyclic) bond motifs is 2. The Hall–Kier alpha value is -4.66. The van der Waals surface area contributed by atoms with E-state index >= 15 is 0 Å².